The quantitative estimate of drug-likeness (QED) is 0.548. The van der Waals surface area contributed by atoms with Gasteiger partial charge in [-0.3, -0.25) is 4.79 Å². The van der Waals surface area contributed by atoms with Crippen LogP contribution in [-0.2, 0) is 15.7 Å². The van der Waals surface area contributed by atoms with E-state index in [1.54, 1.807) is 6.92 Å². The van der Waals surface area contributed by atoms with Crippen molar-refractivity contribution >= 4 is 17.6 Å². The van der Waals surface area contributed by atoms with E-state index >= 15 is 0 Å². The van der Waals surface area contributed by atoms with Gasteiger partial charge in [-0.1, -0.05) is 6.92 Å². The molecule has 0 saturated carbocycles. The Morgan fingerprint density at radius 3 is 2.48 bits per heavy atom. The highest BCUT2D eigenvalue weighted by molar-refractivity contribution is 5.89. The lowest BCUT2D eigenvalue weighted by molar-refractivity contribution is -0.137. The van der Waals surface area contributed by atoms with Gasteiger partial charge >= 0.3 is 12.2 Å². The van der Waals surface area contributed by atoms with Crippen molar-refractivity contribution < 1.29 is 32.6 Å². The molecule has 0 aliphatic carbocycles. The Morgan fingerprint density at radius 2 is 1.90 bits per heavy atom. The largest absolute Gasteiger partial charge is 0.416 e. The van der Waals surface area contributed by atoms with Crippen LogP contribution in [0.1, 0.15) is 38.2 Å². The zero-order valence-corrected chi connectivity index (χ0v) is 16.1. The molecule has 0 radical (unpaired) electrons. The molecule has 3 amide bonds. The van der Waals surface area contributed by atoms with Gasteiger partial charge in [-0.25, -0.2) is 4.79 Å². The highest BCUT2D eigenvalue weighted by atomic mass is 19.4. The lowest BCUT2D eigenvalue weighted by atomic mass is 9.97. The van der Waals surface area contributed by atoms with Crippen LogP contribution in [-0.4, -0.2) is 48.4 Å². The maximum atomic E-state index is 12.5. The summed E-state index contributed by atoms with van der Waals surface area (Å²) in [6, 6.07) is 3.39. The minimum absolute atomic E-state index is 0.0999. The van der Waals surface area contributed by atoms with E-state index < -0.39 is 23.9 Å². The number of carbonyl (C=O) groups excluding carboxylic acids is 2. The predicted octanol–water partition coefficient (Wildman–Crippen LogP) is 2.65. The van der Waals surface area contributed by atoms with Gasteiger partial charge in [0.1, 0.15) is 6.10 Å². The molecule has 0 bridgehead atoms. The molecule has 0 spiro atoms. The topological polar surface area (TPSA) is 99.7 Å². The Hall–Kier alpha value is -2.33. The van der Waals surface area contributed by atoms with Gasteiger partial charge in [0.25, 0.3) is 0 Å². The molecule has 162 valence electrons. The summed E-state index contributed by atoms with van der Waals surface area (Å²) in [6.07, 6.45) is -2.89. The normalized spacial score (nSPS) is 22.0. The van der Waals surface area contributed by atoms with E-state index in [4.69, 9.17) is 4.74 Å². The van der Waals surface area contributed by atoms with Crippen molar-refractivity contribution in [1.29, 1.82) is 0 Å². The summed E-state index contributed by atoms with van der Waals surface area (Å²) in [4.78, 5) is 23.4. The number of nitrogens with one attached hydrogen (secondary N) is 3. The lowest BCUT2D eigenvalue weighted by Crippen LogP contribution is -2.51. The highest BCUT2D eigenvalue weighted by Crippen LogP contribution is 2.29. The molecule has 1 aliphatic rings. The minimum Gasteiger partial charge on any atom is -0.394 e. The molecule has 7 nitrogen and oxygen atoms in total. The van der Waals surface area contributed by atoms with Crippen LogP contribution in [0, 0.1) is 0 Å². The molecule has 2 rings (SSSR count). The molecule has 3 atom stereocenters. The molecule has 1 aromatic carbocycles. The summed E-state index contributed by atoms with van der Waals surface area (Å²) in [6.45, 7) is 1.82. The monoisotopic (exact) mass is 417 g/mol. The Bertz CT molecular complexity index is 682. The van der Waals surface area contributed by atoms with Crippen molar-refractivity contribution in [2.75, 3.05) is 18.5 Å². The second-order valence-corrected chi connectivity index (χ2v) is 6.83. The van der Waals surface area contributed by atoms with Gasteiger partial charge in [0, 0.05) is 18.7 Å². The number of alkyl halides is 3. The summed E-state index contributed by atoms with van der Waals surface area (Å²) in [5.74, 6) is -0.0999. The van der Waals surface area contributed by atoms with Gasteiger partial charge in [-0.05, 0) is 43.5 Å². The smallest absolute Gasteiger partial charge is 0.394 e. The van der Waals surface area contributed by atoms with Gasteiger partial charge < -0.3 is 25.8 Å². The van der Waals surface area contributed by atoms with Crippen LogP contribution >= 0.6 is 0 Å². The van der Waals surface area contributed by atoms with Crippen LogP contribution in [0.2, 0.25) is 0 Å². The molecule has 1 heterocycles. The van der Waals surface area contributed by atoms with Crippen LogP contribution in [0.25, 0.3) is 0 Å². The van der Waals surface area contributed by atoms with Gasteiger partial charge in [0.15, 0.2) is 0 Å². The van der Waals surface area contributed by atoms with Crippen LogP contribution in [0.3, 0.4) is 0 Å². The first-order chi connectivity index (χ1) is 13.7. The molecule has 1 saturated heterocycles. The van der Waals surface area contributed by atoms with Crippen molar-refractivity contribution in [1.82, 2.24) is 10.6 Å². The molecule has 1 aromatic rings. The van der Waals surface area contributed by atoms with Gasteiger partial charge in [-0.15, -0.1) is 0 Å². The standard InChI is InChI=1S/C19H26F3N3O4/c1-2-17(27)25-15-8-7-14(29-16(15)11-26)9-10-23-18(28)24-13-5-3-12(4-6-13)19(20,21)22/h3-6,14-16,26H,2,7-11H2,1H3,(H,25,27)(H2,23,24,28)/t14-,15+,16-/m0/s1. The van der Waals surface area contributed by atoms with Crippen LogP contribution in [0.4, 0.5) is 23.7 Å². The van der Waals surface area contributed by atoms with E-state index in [1.807, 2.05) is 0 Å². The number of hydrogen-bond acceptors (Lipinski definition) is 4. The van der Waals surface area contributed by atoms with Crippen LogP contribution in [0.15, 0.2) is 24.3 Å². The Labute approximate surface area is 167 Å². The van der Waals surface area contributed by atoms with Crippen LogP contribution in [0.5, 0.6) is 0 Å². The van der Waals surface area contributed by atoms with Gasteiger partial charge in [-0.2, -0.15) is 13.2 Å². The predicted molar refractivity (Wildman–Crippen MR) is 100 cm³/mol. The summed E-state index contributed by atoms with van der Waals surface area (Å²) in [7, 11) is 0. The fourth-order valence-corrected chi connectivity index (χ4v) is 3.08. The number of carbonyl (C=O) groups is 2. The number of rotatable bonds is 7. The Morgan fingerprint density at radius 1 is 1.21 bits per heavy atom. The Balaban J connectivity index is 1.73. The number of benzene rings is 1. The van der Waals surface area contributed by atoms with Gasteiger partial charge in [0.2, 0.25) is 5.91 Å². The Kier molecular flexibility index (Phi) is 8.27. The maximum Gasteiger partial charge on any atom is 0.416 e. The molecular weight excluding hydrogens is 391 g/mol. The van der Waals surface area contributed by atoms with E-state index in [0.717, 1.165) is 12.1 Å². The summed E-state index contributed by atoms with van der Waals surface area (Å²) >= 11 is 0. The summed E-state index contributed by atoms with van der Waals surface area (Å²) in [5, 5.41) is 17.4. The lowest BCUT2D eigenvalue weighted by Gasteiger charge is -2.36. The fraction of sp³-hybridized carbons (Fsp3) is 0.579. The number of amides is 3. The number of anilines is 1. The molecule has 4 N–H and O–H groups in total. The number of ether oxygens (including phenoxy) is 1. The van der Waals surface area contributed by atoms with E-state index in [1.165, 1.54) is 12.1 Å². The van der Waals surface area contributed by atoms with Crippen molar-refractivity contribution in [2.24, 2.45) is 0 Å². The zero-order valence-electron chi connectivity index (χ0n) is 16.1. The molecule has 1 aliphatic heterocycles. The fourth-order valence-electron chi connectivity index (χ4n) is 3.08. The first-order valence-corrected chi connectivity index (χ1v) is 9.50. The van der Waals surface area contributed by atoms with E-state index in [-0.39, 0.29) is 30.3 Å². The molecule has 29 heavy (non-hydrogen) atoms. The average molecular weight is 417 g/mol. The maximum absolute atomic E-state index is 12.5. The second-order valence-electron chi connectivity index (χ2n) is 6.83. The first kappa shape index (κ1) is 23.0. The molecule has 1 fully saturated rings. The van der Waals surface area contributed by atoms with Crippen molar-refractivity contribution in [3.63, 3.8) is 0 Å². The summed E-state index contributed by atoms with van der Waals surface area (Å²) < 4.78 is 43.4. The molecule has 10 heteroatoms. The number of aliphatic hydroxyl groups excluding tert-OH is 1. The summed E-state index contributed by atoms with van der Waals surface area (Å²) in [5.41, 5.74) is -0.538. The molecule has 0 unspecified atom stereocenters. The first-order valence-electron chi connectivity index (χ1n) is 9.50. The number of hydrogen-bond donors (Lipinski definition) is 4. The third kappa shape index (κ3) is 7.21. The molecule has 0 aromatic heterocycles. The van der Waals surface area contributed by atoms with Crippen molar-refractivity contribution in [3.05, 3.63) is 29.8 Å². The third-order valence-corrected chi connectivity index (χ3v) is 4.69. The van der Waals surface area contributed by atoms with E-state index in [0.29, 0.717) is 32.2 Å². The van der Waals surface area contributed by atoms with Crippen LogP contribution < -0.4 is 16.0 Å². The van der Waals surface area contributed by atoms with Gasteiger partial charge in [0.05, 0.1) is 24.3 Å². The number of aliphatic hydroxyl groups is 1. The van der Waals surface area contributed by atoms with E-state index in [2.05, 4.69) is 16.0 Å². The second kappa shape index (κ2) is 10.4. The average Bonchev–Trinajstić information content (AvgIpc) is 2.68. The van der Waals surface area contributed by atoms with E-state index in [9.17, 15) is 27.9 Å². The minimum atomic E-state index is -4.43. The van der Waals surface area contributed by atoms with Crippen molar-refractivity contribution in [3.8, 4) is 0 Å². The molecular formula is C19H26F3N3O4. The number of halogens is 3. The third-order valence-electron chi connectivity index (χ3n) is 4.69. The number of urea groups is 1. The van der Waals surface area contributed by atoms with Crippen molar-refractivity contribution in [2.45, 2.75) is 57.0 Å². The zero-order chi connectivity index (χ0) is 21.4. The SMILES string of the molecule is CCC(=O)N[C@@H]1CC[C@@H](CCNC(=O)Nc2ccc(C(F)(F)F)cc2)O[C@H]1CO. The highest BCUT2D eigenvalue weighted by Gasteiger charge is 2.31.